The quantitative estimate of drug-likeness (QED) is 0.831. The first-order valence-corrected chi connectivity index (χ1v) is 6.44. The van der Waals surface area contributed by atoms with Gasteiger partial charge in [0.05, 0.1) is 0 Å². The molecule has 0 saturated carbocycles. The van der Waals surface area contributed by atoms with Gasteiger partial charge in [-0.2, -0.15) is 5.26 Å². The minimum atomic E-state index is -0.328. The first kappa shape index (κ1) is 14.7. The van der Waals surface area contributed by atoms with Crippen LogP contribution in [0.1, 0.15) is 18.3 Å². The number of likely N-dealkylation sites (N-methyl/N-ethyl adjacent to an activating group) is 1. The van der Waals surface area contributed by atoms with E-state index in [1.54, 1.807) is 23.1 Å². The molecule has 1 aromatic carbocycles. The predicted molar refractivity (Wildman–Crippen MR) is 72.2 cm³/mol. The molecule has 0 N–H and O–H groups in total. The third kappa shape index (κ3) is 3.86. The Morgan fingerprint density at radius 1 is 1.52 bits per heavy atom. The van der Waals surface area contributed by atoms with Crippen molar-refractivity contribution in [3.05, 3.63) is 47.8 Å². The lowest BCUT2D eigenvalue weighted by molar-refractivity contribution is -0.132. The van der Waals surface area contributed by atoms with Crippen LogP contribution in [0.5, 0.6) is 0 Å². The summed E-state index contributed by atoms with van der Waals surface area (Å²) in [5.74, 6) is -0.474. The molecule has 0 saturated heterocycles. The first-order valence-electron chi connectivity index (χ1n) is 6.44. The van der Waals surface area contributed by atoms with Crippen molar-refractivity contribution in [3.63, 3.8) is 0 Å². The number of aromatic nitrogens is 3. The van der Waals surface area contributed by atoms with E-state index in [9.17, 15) is 9.18 Å². The van der Waals surface area contributed by atoms with E-state index in [1.165, 1.54) is 23.1 Å². The molecular weight excluding hydrogens is 273 g/mol. The summed E-state index contributed by atoms with van der Waals surface area (Å²) in [5, 5.41) is 12.5. The highest BCUT2D eigenvalue weighted by molar-refractivity contribution is 5.75. The van der Waals surface area contributed by atoms with Gasteiger partial charge in [-0.05, 0) is 24.6 Å². The van der Waals surface area contributed by atoms with Crippen LogP contribution in [-0.2, 0) is 17.9 Å². The standard InChI is InChI=1S/C14H14FN5O/c1-2-19(8-11-4-3-5-12(15)6-11)14(21)9-20-10-17-13(7-16)18-20/h3-6,10H,2,8-9H2,1H3. The van der Waals surface area contributed by atoms with Gasteiger partial charge in [-0.15, -0.1) is 5.10 Å². The number of nitriles is 1. The van der Waals surface area contributed by atoms with Crippen LogP contribution in [0.25, 0.3) is 0 Å². The maximum Gasteiger partial charge on any atom is 0.252 e. The molecule has 0 radical (unpaired) electrons. The minimum Gasteiger partial charge on any atom is -0.337 e. The first-order chi connectivity index (χ1) is 10.1. The number of rotatable bonds is 5. The van der Waals surface area contributed by atoms with E-state index < -0.39 is 0 Å². The SMILES string of the molecule is CCN(Cc1cccc(F)c1)C(=O)Cn1cnc(C#N)n1. The van der Waals surface area contributed by atoms with E-state index in [4.69, 9.17) is 5.26 Å². The minimum absolute atomic E-state index is 0.00215. The largest absolute Gasteiger partial charge is 0.337 e. The monoisotopic (exact) mass is 287 g/mol. The van der Waals surface area contributed by atoms with Crippen LogP contribution in [-0.4, -0.2) is 32.1 Å². The fraction of sp³-hybridized carbons (Fsp3) is 0.286. The number of amides is 1. The van der Waals surface area contributed by atoms with E-state index in [0.29, 0.717) is 13.1 Å². The zero-order valence-corrected chi connectivity index (χ0v) is 11.5. The third-order valence-corrected chi connectivity index (χ3v) is 2.93. The molecule has 0 fully saturated rings. The van der Waals surface area contributed by atoms with Crippen molar-refractivity contribution in [2.75, 3.05) is 6.54 Å². The summed E-state index contributed by atoms with van der Waals surface area (Å²) in [7, 11) is 0. The fourth-order valence-electron chi connectivity index (χ4n) is 1.89. The number of nitrogens with zero attached hydrogens (tertiary/aromatic N) is 5. The number of carbonyl (C=O) groups excluding carboxylic acids is 1. The normalized spacial score (nSPS) is 10.1. The molecule has 0 aliphatic heterocycles. The topological polar surface area (TPSA) is 74.8 Å². The van der Waals surface area contributed by atoms with Crippen molar-refractivity contribution in [3.8, 4) is 6.07 Å². The van der Waals surface area contributed by atoms with Crippen LogP contribution in [0.2, 0.25) is 0 Å². The van der Waals surface area contributed by atoms with Gasteiger partial charge in [0.1, 0.15) is 24.8 Å². The molecule has 108 valence electrons. The molecule has 6 nitrogen and oxygen atoms in total. The molecule has 0 aliphatic rings. The van der Waals surface area contributed by atoms with Gasteiger partial charge in [-0.25, -0.2) is 14.1 Å². The van der Waals surface area contributed by atoms with Crippen molar-refractivity contribution in [1.29, 1.82) is 5.26 Å². The molecule has 0 spiro atoms. The molecule has 1 heterocycles. The zero-order chi connectivity index (χ0) is 15.2. The second-order valence-corrected chi connectivity index (χ2v) is 4.42. The molecule has 0 atom stereocenters. The Hall–Kier alpha value is -2.75. The average Bonchev–Trinajstić information content (AvgIpc) is 2.92. The highest BCUT2D eigenvalue weighted by atomic mass is 19.1. The Morgan fingerprint density at radius 2 is 2.33 bits per heavy atom. The summed E-state index contributed by atoms with van der Waals surface area (Å²) in [6.45, 7) is 2.67. The summed E-state index contributed by atoms with van der Waals surface area (Å²) in [5.41, 5.74) is 0.724. The summed E-state index contributed by atoms with van der Waals surface area (Å²) in [4.78, 5) is 17.5. The number of benzene rings is 1. The summed E-state index contributed by atoms with van der Waals surface area (Å²) < 4.78 is 14.5. The Kier molecular flexibility index (Phi) is 4.61. The Balaban J connectivity index is 2.03. The lowest BCUT2D eigenvalue weighted by Crippen LogP contribution is -2.33. The molecule has 1 amide bonds. The van der Waals surface area contributed by atoms with Gasteiger partial charge in [0.2, 0.25) is 5.91 Å². The van der Waals surface area contributed by atoms with Crippen LogP contribution in [0.4, 0.5) is 4.39 Å². The van der Waals surface area contributed by atoms with E-state index in [1.807, 2.05) is 6.92 Å². The zero-order valence-electron chi connectivity index (χ0n) is 11.5. The lowest BCUT2D eigenvalue weighted by atomic mass is 10.2. The van der Waals surface area contributed by atoms with Crippen molar-refractivity contribution >= 4 is 5.91 Å². The van der Waals surface area contributed by atoms with E-state index in [-0.39, 0.29) is 24.1 Å². The number of hydrogen-bond acceptors (Lipinski definition) is 4. The van der Waals surface area contributed by atoms with Gasteiger partial charge in [0.25, 0.3) is 5.82 Å². The summed E-state index contributed by atoms with van der Waals surface area (Å²) >= 11 is 0. The van der Waals surface area contributed by atoms with Gasteiger partial charge < -0.3 is 4.90 Å². The predicted octanol–water partition coefficient (Wildman–Crippen LogP) is 1.34. The third-order valence-electron chi connectivity index (χ3n) is 2.93. The second-order valence-electron chi connectivity index (χ2n) is 4.42. The number of carbonyl (C=O) groups is 1. The van der Waals surface area contributed by atoms with Crippen LogP contribution >= 0.6 is 0 Å². The van der Waals surface area contributed by atoms with Crippen molar-refractivity contribution in [1.82, 2.24) is 19.7 Å². The van der Waals surface area contributed by atoms with Gasteiger partial charge in [-0.1, -0.05) is 12.1 Å². The summed E-state index contributed by atoms with van der Waals surface area (Å²) in [6, 6.07) is 7.94. The fourth-order valence-corrected chi connectivity index (χ4v) is 1.89. The Morgan fingerprint density at radius 3 is 2.95 bits per heavy atom. The van der Waals surface area contributed by atoms with Crippen LogP contribution in [0.3, 0.4) is 0 Å². The van der Waals surface area contributed by atoms with Gasteiger partial charge in [0.15, 0.2) is 0 Å². The van der Waals surface area contributed by atoms with E-state index >= 15 is 0 Å². The summed E-state index contributed by atoms with van der Waals surface area (Å²) in [6.07, 6.45) is 1.34. The molecule has 0 aliphatic carbocycles. The van der Waals surface area contributed by atoms with Crippen molar-refractivity contribution in [2.24, 2.45) is 0 Å². The van der Waals surface area contributed by atoms with Gasteiger partial charge >= 0.3 is 0 Å². The van der Waals surface area contributed by atoms with E-state index in [2.05, 4.69) is 10.1 Å². The van der Waals surface area contributed by atoms with Crippen molar-refractivity contribution in [2.45, 2.75) is 20.0 Å². The molecule has 7 heteroatoms. The Labute approximate surface area is 121 Å². The van der Waals surface area contributed by atoms with Gasteiger partial charge in [-0.3, -0.25) is 4.79 Å². The number of hydrogen-bond donors (Lipinski definition) is 0. The molecule has 2 aromatic rings. The van der Waals surface area contributed by atoms with Crippen LogP contribution < -0.4 is 0 Å². The molecule has 21 heavy (non-hydrogen) atoms. The highest BCUT2D eigenvalue weighted by Gasteiger charge is 2.14. The molecule has 0 unspecified atom stereocenters. The molecule has 0 bridgehead atoms. The van der Waals surface area contributed by atoms with E-state index in [0.717, 1.165) is 5.56 Å². The lowest BCUT2D eigenvalue weighted by Gasteiger charge is -2.20. The molecule has 2 rings (SSSR count). The highest BCUT2D eigenvalue weighted by Crippen LogP contribution is 2.08. The average molecular weight is 287 g/mol. The molecule has 1 aromatic heterocycles. The van der Waals surface area contributed by atoms with Gasteiger partial charge in [0, 0.05) is 13.1 Å². The smallest absolute Gasteiger partial charge is 0.252 e. The van der Waals surface area contributed by atoms with Crippen molar-refractivity contribution < 1.29 is 9.18 Å². The maximum absolute atomic E-state index is 13.2. The van der Waals surface area contributed by atoms with Crippen LogP contribution in [0, 0.1) is 17.1 Å². The number of halogens is 1. The molecular formula is C14H14FN5O. The van der Waals surface area contributed by atoms with Crippen LogP contribution in [0.15, 0.2) is 30.6 Å². The maximum atomic E-state index is 13.2. The second kappa shape index (κ2) is 6.61. The Bertz CT molecular complexity index is 676.